The van der Waals surface area contributed by atoms with Crippen LogP contribution in [0, 0.1) is 5.92 Å². The van der Waals surface area contributed by atoms with Crippen LogP contribution in [-0.4, -0.2) is 69.8 Å². The number of imide groups is 1. The molecule has 0 saturated heterocycles. The standard InChI is InChI=1S/C30H35N5O6S/c1-42-11-10-24(33-28(39)22(31)14-20-16-32-23-9-5-4-8-21(20)23)29(40)34-25(15-26(36)37)30(41)35-27(38)19-12-17-6-2-3-7-18(17)13-19/h2-9,16,19,22,24-25,32H,10-15,31H2,1H3,(H,33,39)(H,34,40)(H,36,37)(H,35,38,41)/t22-,24-,25-/m0/s1. The lowest BCUT2D eigenvalue weighted by atomic mass is 10.0. The van der Waals surface area contributed by atoms with Crippen LogP contribution in [-0.2, 0) is 43.2 Å². The molecule has 1 aliphatic rings. The number of carbonyl (C=O) groups is 5. The highest BCUT2D eigenvalue weighted by Gasteiger charge is 2.33. The van der Waals surface area contributed by atoms with Crippen molar-refractivity contribution in [3.8, 4) is 0 Å². The van der Waals surface area contributed by atoms with Gasteiger partial charge in [-0.3, -0.25) is 29.3 Å². The van der Waals surface area contributed by atoms with Crippen molar-refractivity contribution >= 4 is 52.3 Å². The first-order valence-electron chi connectivity index (χ1n) is 13.7. The molecule has 0 radical (unpaired) electrons. The molecule has 4 rings (SSSR count). The first-order chi connectivity index (χ1) is 20.2. The van der Waals surface area contributed by atoms with Gasteiger partial charge in [-0.1, -0.05) is 42.5 Å². The van der Waals surface area contributed by atoms with E-state index in [1.165, 1.54) is 11.8 Å². The van der Waals surface area contributed by atoms with Gasteiger partial charge in [0.15, 0.2) is 0 Å². The van der Waals surface area contributed by atoms with Crippen LogP contribution < -0.4 is 21.7 Å². The van der Waals surface area contributed by atoms with Crippen LogP contribution in [0.2, 0.25) is 0 Å². The fraction of sp³-hybridized carbons (Fsp3) is 0.367. The quantitative estimate of drug-likeness (QED) is 0.171. The lowest BCUT2D eigenvalue weighted by Crippen LogP contribution is -2.57. The summed E-state index contributed by atoms with van der Waals surface area (Å²) in [5.74, 6) is -4.04. The number of carboxylic acids is 1. The molecule has 11 nitrogen and oxygen atoms in total. The van der Waals surface area contributed by atoms with E-state index in [9.17, 15) is 29.1 Å². The molecule has 3 aromatic rings. The van der Waals surface area contributed by atoms with Crippen LogP contribution in [0.15, 0.2) is 54.7 Å². The zero-order valence-electron chi connectivity index (χ0n) is 23.2. The molecule has 0 unspecified atom stereocenters. The van der Waals surface area contributed by atoms with Gasteiger partial charge in [-0.25, -0.2) is 0 Å². The molecule has 0 bridgehead atoms. The molecule has 1 aromatic heterocycles. The second kappa shape index (κ2) is 14.1. The third-order valence-corrected chi connectivity index (χ3v) is 8.02. The lowest BCUT2D eigenvalue weighted by Gasteiger charge is -2.23. The maximum Gasteiger partial charge on any atom is 0.305 e. The first kappa shape index (κ1) is 30.8. The second-order valence-electron chi connectivity index (χ2n) is 10.4. The Morgan fingerprint density at radius 1 is 0.952 bits per heavy atom. The monoisotopic (exact) mass is 593 g/mol. The maximum absolute atomic E-state index is 13.2. The number of amides is 4. The van der Waals surface area contributed by atoms with Gasteiger partial charge in [0.05, 0.1) is 12.5 Å². The van der Waals surface area contributed by atoms with Crippen molar-refractivity contribution < 1.29 is 29.1 Å². The summed E-state index contributed by atoms with van der Waals surface area (Å²) in [6, 6.07) is 11.7. The van der Waals surface area contributed by atoms with Crippen LogP contribution >= 0.6 is 11.8 Å². The number of thioether (sulfide) groups is 1. The van der Waals surface area contributed by atoms with Crippen LogP contribution in [0.25, 0.3) is 10.9 Å². The summed E-state index contributed by atoms with van der Waals surface area (Å²) in [6.07, 6.45) is 4.27. The summed E-state index contributed by atoms with van der Waals surface area (Å²) in [5.41, 5.74) is 10.0. The SMILES string of the molecule is CSCC[C@H](NC(=O)[C@@H](N)Cc1c[nH]c2ccccc12)C(=O)N[C@@H](CC(=O)O)C(=O)NC(=O)C1Cc2ccccc2C1. The van der Waals surface area contributed by atoms with Gasteiger partial charge in [-0.2, -0.15) is 11.8 Å². The number of H-pyrrole nitrogens is 1. The largest absolute Gasteiger partial charge is 0.481 e. The minimum atomic E-state index is -1.52. The van der Waals surface area contributed by atoms with Crippen molar-refractivity contribution in [2.24, 2.45) is 11.7 Å². The summed E-state index contributed by atoms with van der Waals surface area (Å²) in [4.78, 5) is 66.8. The number of nitrogens with two attached hydrogens (primary N) is 1. The predicted molar refractivity (Wildman–Crippen MR) is 160 cm³/mol. The number of para-hydroxylation sites is 1. The van der Waals surface area contributed by atoms with Crippen molar-refractivity contribution in [2.45, 2.75) is 50.2 Å². The zero-order valence-corrected chi connectivity index (χ0v) is 24.0. The average molecular weight is 594 g/mol. The number of hydrogen-bond donors (Lipinski definition) is 6. The number of nitrogens with one attached hydrogen (secondary N) is 4. The van der Waals surface area contributed by atoms with Gasteiger partial charge in [-0.05, 0) is 60.4 Å². The third kappa shape index (κ3) is 7.77. The van der Waals surface area contributed by atoms with Crippen molar-refractivity contribution in [3.05, 3.63) is 71.4 Å². The lowest BCUT2D eigenvalue weighted by molar-refractivity contribution is -0.143. The molecule has 2 aromatic carbocycles. The number of benzene rings is 2. The van der Waals surface area contributed by atoms with E-state index >= 15 is 0 Å². The summed E-state index contributed by atoms with van der Waals surface area (Å²) in [5, 5.41) is 17.7. The molecule has 222 valence electrons. The highest BCUT2D eigenvalue weighted by atomic mass is 32.2. The minimum Gasteiger partial charge on any atom is -0.481 e. The van der Waals surface area contributed by atoms with Gasteiger partial charge in [0.25, 0.3) is 0 Å². The maximum atomic E-state index is 13.2. The molecular formula is C30H35N5O6S. The highest BCUT2D eigenvalue weighted by molar-refractivity contribution is 7.98. The number of carbonyl (C=O) groups excluding carboxylic acids is 4. The van der Waals surface area contributed by atoms with E-state index in [1.807, 2.05) is 54.8 Å². The molecule has 7 N–H and O–H groups in total. The summed E-state index contributed by atoms with van der Waals surface area (Å²) in [7, 11) is 0. The Kier molecular flexibility index (Phi) is 10.4. The number of hydrogen-bond acceptors (Lipinski definition) is 7. The number of rotatable bonds is 13. The van der Waals surface area contributed by atoms with E-state index in [-0.39, 0.29) is 12.8 Å². The van der Waals surface area contributed by atoms with Gasteiger partial charge in [0, 0.05) is 23.0 Å². The normalized spacial score (nSPS) is 14.9. The number of fused-ring (bicyclic) bond motifs is 2. The molecule has 42 heavy (non-hydrogen) atoms. The summed E-state index contributed by atoms with van der Waals surface area (Å²) < 4.78 is 0. The third-order valence-electron chi connectivity index (χ3n) is 7.38. The van der Waals surface area contributed by atoms with E-state index in [4.69, 9.17) is 5.73 Å². The van der Waals surface area contributed by atoms with Crippen LogP contribution in [0.3, 0.4) is 0 Å². The van der Waals surface area contributed by atoms with Crippen molar-refractivity contribution in [3.63, 3.8) is 0 Å². The first-order valence-corrected chi connectivity index (χ1v) is 15.1. The van der Waals surface area contributed by atoms with Crippen molar-refractivity contribution in [1.29, 1.82) is 0 Å². The molecule has 0 spiro atoms. The van der Waals surface area contributed by atoms with Crippen molar-refractivity contribution in [1.82, 2.24) is 20.9 Å². The molecule has 0 saturated carbocycles. The fourth-order valence-electron chi connectivity index (χ4n) is 5.12. The Labute approximate surface area is 247 Å². The Morgan fingerprint density at radius 2 is 1.60 bits per heavy atom. The zero-order chi connectivity index (χ0) is 30.2. The molecule has 1 heterocycles. The molecular weight excluding hydrogens is 558 g/mol. The van der Waals surface area contributed by atoms with E-state index in [2.05, 4.69) is 20.9 Å². The summed E-state index contributed by atoms with van der Waals surface area (Å²) in [6.45, 7) is 0. The molecule has 4 amide bonds. The van der Waals surface area contributed by atoms with E-state index in [0.29, 0.717) is 18.6 Å². The van der Waals surface area contributed by atoms with Crippen molar-refractivity contribution in [2.75, 3.05) is 12.0 Å². The molecule has 1 aliphatic carbocycles. The predicted octanol–water partition coefficient (Wildman–Crippen LogP) is 1.29. The molecule has 12 heteroatoms. The van der Waals surface area contributed by atoms with Gasteiger partial charge in [0.2, 0.25) is 23.6 Å². The fourth-order valence-corrected chi connectivity index (χ4v) is 5.60. The summed E-state index contributed by atoms with van der Waals surface area (Å²) >= 11 is 1.46. The Bertz CT molecular complexity index is 1450. The topological polar surface area (TPSA) is 183 Å². The van der Waals surface area contributed by atoms with E-state index in [0.717, 1.165) is 27.6 Å². The Hall–Kier alpha value is -4.16. The van der Waals surface area contributed by atoms with E-state index in [1.54, 1.807) is 6.20 Å². The van der Waals surface area contributed by atoms with Crippen LogP contribution in [0.5, 0.6) is 0 Å². The average Bonchev–Trinajstić information content (AvgIpc) is 3.59. The van der Waals surface area contributed by atoms with E-state index < -0.39 is 60.1 Å². The number of aliphatic carboxylic acids is 1. The number of aromatic nitrogens is 1. The molecule has 0 fully saturated rings. The highest BCUT2D eigenvalue weighted by Crippen LogP contribution is 2.26. The smallest absolute Gasteiger partial charge is 0.305 e. The minimum absolute atomic E-state index is 0.221. The number of carboxylic acid groups (broad SMARTS) is 1. The van der Waals surface area contributed by atoms with Gasteiger partial charge in [0.1, 0.15) is 12.1 Å². The Morgan fingerprint density at radius 3 is 2.26 bits per heavy atom. The second-order valence-corrected chi connectivity index (χ2v) is 11.4. The number of aromatic amines is 1. The molecule has 3 atom stereocenters. The Balaban J connectivity index is 1.38. The van der Waals surface area contributed by atoms with Gasteiger partial charge < -0.3 is 26.5 Å². The van der Waals surface area contributed by atoms with Gasteiger partial charge in [-0.15, -0.1) is 0 Å². The van der Waals surface area contributed by atoms with Crippen LogP contribution in [0.4, 0.5) is 0 Å². The molecule has 0 aliphatic heterocycles. The van der Waals surface area contributed by atoms with Gasteiger partial charge >= 0.3 is 5.97 Å². The van der Waals surface area contributed by atoms with Crippen LogP contribution in [0.1, 0.15) is 29.5 Å².